The molecule has 0 aliphatic rings. The minimum atomic E-state index is -3.69. The molecular formula is C16H21N3O4S. The van der Waals surface area contributed by atoms with Crippen LogP contribution in [0.1, 0.15) is 23.4 Å². The third-order valence-electron chi connectivity index (χ3n) is 3.46. The van der Waals surface area contributed by atoms with Gasteiger partial charge in [0.15, 0.2) is 5.76 Å². The fraction of sp³-hybridized carbons (Fsp3) is 0.375. The van der Waals surface area contributed by atoms with E-state index in [1.165, 1.54) is 0 Å². The molecule has 1 aromatic carbocycles. The molecule has 0 aliphatic carbocycles. The summed E-state index contributed by atoms with van der Waals surface area (Å²) in [6.07, 6.45) is 1.01. The molecule has 24 heavy (non-hydrogen) atoms. The molecule has 8 heteroatoms. The number of hydrogen-bond acceptors (Lipinski definition) is 5. The summed E-state index contributed by atoms with van der Waals surface area (Å²) in [7, 11) is -3.69. The van der Waals surface area contributed by atoms with Gasteiger partial charge >= 0.3 is 0 Å². The highest BCUT2D eigenvalue weighted by molar-refractivity contribution is 7.89. The van der Waals surface area contributed by atoms with Crippen LogP contribution in [-0.2, 0) is 21.2 Å². The van der Waals surface area contributed by atoms with E-state index in [1.54, 1.807) is 13.8 Å². The quantitative estimate of drug-likeness (QED) is 0.699. The summed E-state index contributed by atoms with van der Waals surface area (Å²) in [5.41, 5.74) is 1.40. The van der Waals surface area contributed by atoms with Crippen molar-refractivity contribution in [2.24, 2.45) is 0 Å². The van der Waals surface area contributed by atoms with Gasteiger partial charge in [-0.05, 0) is 25.8 Å². The minimum absolute atomic E-state index is 0.0536. The Morgan fingerprint density at radius 2 is 1.88 bits per heavy atom. The van der Waals surface area contributed by atoms with Gasteiger partial charge in [0.1, 0.15) is 10.6 Å². The van der Waals surface area contributed by atoms with Crippen LogP contribution < -0.4 is 10.0 Å². The predicted octanol–water partition coefficient (Wildman–Crippen LogP) is 1.32. The van der Waals surface area contributed by atoms with Gasteiger partial charge in [0.25, 0.3) is 0 Å². The largest absolute Gasteiger partial charge is 0.360 e. The minimum Gasteiger partial charge on any atom is -0.360 e. The highest BCUT2D eigenvalue weighted by Gasteiger charge is 2.23. The number of amides is 1. The number of aromatic nitrogens is 1. The first-order valence-electron chi connectivity index (χ1n) is 7.63. The maximum atomic E-state index is 12.2. The van der Waals surface area contributed by atoms with Crippen molar-refractivity contribution in [2.45, 2.75) is 31.6 Å². The Morgan fingerprint density at radius 1 is 1.17 bits per heavy atom. The molecule has 1 amide bonds. The van der Waals surface area contributed by atoms with Gasteiger partial charge in [0.2, 0.25) is 15.9 Å². The summed E-state index contributed by atoms with van der Waals surface area (Å²) in [4.78, 5) is 11.8. The van der Waals surface area contributed by atoms with Crippen LogP contribution in [0, 0.1) is 13.8 Å². The van der Waals surface area contributed by atoms with Crippen molar-refractivity contribution in [3.05, 3.63) is 47.3 Å². The van der Waals surface area contributed by atoms with E-state index >= 15 is 0 Å². The van der Waals surface area contributed by atoms with E-state index in [0.717, 1.165) is 5.56 Å². The summed E-state index contributed by atoms with van der Waals surface area (Å²) in [5.74, 6) is 0.127. The number of carbonyl (C=O) groups excluding carboxylic acids is 1. The first kappa shape index (κ1) is 18.2. The van der Waals surface area contributed by atoms with Gasteiger partial charge in [0.05, 0.1) is 0 Å². The third-order valence-corrected chi connectivity index (χ3v) is 5.16. The first-order chi connectivity index (χ1) is 11.4. The first-order valence-corrected chi connectivity index (χ1v) is 9.11. The fourth-order valence-corrected chi connectivity index (χ4v) is 3.67. The zero-order valence-corrected chi connectivity index (χ0v) is 14.5. The molecule has 0 saturated heterocycles. The molecule has 0 unspecified atom stereocenters. The van der Waals surface area contributed by atoms with Crippen LogP contribution in [0.3, 0.4) is 0 Å². The van der Waals surface area contributed by atoms with E-state index in [0.29, 0.717) is 18.5 Å². The number of rotatable bonds is 8. The summed E-state index contributed by atoms with van der Waals surface area (Å²) in [5, 5.41) is 6.32. The molecule has 0 spiro atoms. The second-order valence-electron chi connectivity index (χ2n) is 5.39. The van der Waals surface area contributed by atoms with Gasteiger partial charge < -0.3 is 9.84 Å². The van der Waals surface area contributed by atoms with Gasteiger partial charge in [-0.15, -0.1) is 0 Å². The van der Waals surface area contributed by atoms with E-state index in [-0.39, 0.29) is 29.7 Å². The third kappa shape index (κ3) is 4.90. The maximum absolute atomic E-state index is 12.2. The number of sulfonamides is 1. The lowest BCUT2D eigenvalue weighted by Gasteiger charge is -2.08. The van der Waals surface area contributed by atoms with Crippen molar-refractivity contribution in [3.8, 4) is 0 Å². The molecule has 0 atom stereocenters. The van der Waals surface area contributed by atoms with Crippen LogP contribution in [0.15, 0.2) is 39.8 Å². The summed E-state index contributed by atoms with van der Waals surface area (Å²) >= 11 is 0. The van der Waals surface area contributed by atoms with Gasteiger partial charge in [0, 0.05) is 19.5 Å². The highest BCUT2D eigenvalue weighted by atomic mass is 32.2. The number of benzene rings is 1. The normalized spacial score (nSPS) is 11.4. The number of aryl methyl sites for hydroxylation is 3. The molecule has 1 aromatic heterocycles. The number of nitrogens with one attached hydrogen (secondary N) is 2. The van der Waals surface area contributed by atoms with Crippen molar-refractivity contribution in [2.75, 3.05) is 13.1 Å². The van der Waals surface area contributed by atoms with Crippen LogP contribution in [0.4, 0.5) is 0 Å². The van der Waals surface area contributed by atoms with Gasteiger partial charge in [-0.3, -0.25) is 4.79 Å². The summed E-state index contributed by atoms with van der Waals surface area (Å²) in [6, 6.07) is 9.71. The Morgan fingerprint density at radius 3 is 2.50 bits per heavy atom. The molecule has 2 N–H and O–H groups in total. The zero-order chi connectivity index (χ0) is 17.6. The van der Waals surface area contributed by atoms with Crippen molar-refractivity contribution >= 4 is 15.9 Å². The molecule has 0 radical (unpaired) electrons. The second-order valence-corrected chi connectivity index (χ2v) is 7.09. The van der Waals surface area contributed by atoms with Crippen LogP contribution in [0.2, 0.25) is 0 Å². The molecule has 7 nitrogen and oxygen atoms in total. The Kier molecular flexibility index (Phi) is 6.10. The van der Waals surface area contributed by atoms with E-state index in [4.69, 9.17) is 4.52 Å². The molecule has 0 saturated carbocycles. The summed E-state index contributed by atoms with van der Waals surface area (Å²) < 4.78 is 31.6. The lowest BCUT2D eigenvalue weighted by Crippen LogP contribution is -2.35. The number of hydrogen-bond donors (Lipinski definition) is 2. The molecule has 2 aromatic rings. The van der Waals surface area contributed by atoms with Gasteiger partial charge in [-0.1, -0.05) is 35.5 Å². The topological polar surface area (TPSA) is 101 Å². The predicted molar refractivity (Wildman–Crippen MR) is 88.9 cm³/mol. The monoisotopic (exact) mass is 351 g/mol. The molecule has 0 aliphatic heterocycles. The average Bonchev–Trinajstić information content (AvgIpc) is 2.90. The number of carbonyl (C=O) groups is 1. The van der Waals surface area contributed by atoms with Crippen molar-refractivity contribution in [1.29, 1.82) is 0 Å². The van der Waals surface area contributed by atoms with Crippen molar-refractivity contribution in [3.63, 3.8) is 0 Å². The second kappa shape index (κ2) is 8.07. The maximum Gasteiger partial charge on any atom is 0.246 e. The van der Waals surface area contributed by atoms with Crippen LogP contribution >= 0.6 is 0 Å². The van der Waals surface area contributed by atoms with Crippen LogP contribution in [0.5, 0.6) is 0 Å². The lowest BCUT2D eigenvalue weighted by atomic mass is 10.1. The SMILES string of the molecule is Cc1noc(C)c1S(=O)(=O)NCCNC(=O)CCc1ccccc1. The Bertz CT molecular complexity index is 765. The molecular weight excluding hydrogens is 330 g/mol. The Hall–Kier alpha value is -2.19. The van der Waals surface area contributed by atoms with E-state index in [9.17, 15) is 13.2 Å². The number of nitrogens with zero attached hydrogens (tertiary/aromatic N) is 1. The van der Waals surface area contributed by atoms with E-state index in [2.05, 4.69) is 15.2 Å². The zero-order valence-electron chi connectivity index (χ0n) is 13.7. The van der Waals surface area contributed by atoms with Gasteiger partial charge in [-0.2, -0.15) is 0 Å². The average molecular weight is 351 g/mol. The smallest absolute Gasteiger partial charge is 0.246 e. The van der Waals surface area contributed by atoms with Crippen molar-refractivity contribution in [1.82, 2.24) is 15.2 Å². The Labute approximate surface area is 141 Å². The lowest BCUT2D eigenvalue weighted by molar-refractivity contribution is -0.121. The molecule has 0 fully saturated rings. The van der Waals surface area contributed by atoms with Crippen LogP contribution in [-0.4, -0.2) is 32.6 Å². The molecule has 130 valence electrons. The Balaban J connectivity index is 1.73. The van der Waals surface area contributed by atoms with E-state index in [1.807, 2.05) is 30.3 Å². The fourth-order valence-electron chi connectivity index (χ4n) is 2.31. The van der Waals surface area contributed by atoms with Crippen molar-refractivity contribution < 1.29 is 17.7 Å². The highest BCUT2D eigenvalue weighted by Crippen LogP contribution is 2.18. The standard InChI is InChI=1S/C16H21N3O4S/c1-12-16(13(2)23-19-12)24(21,22)18-11-10-17-15(20)9-8-14-6-4-3-5-7-14/h3-7,18H,8-11H2,1-2H3,(H,17,20). The van der Waals surface area contributed by atoms with Crippen LogP contribution in [0.25, 0.3) is 0 Å². The van der Waals surface area contributed by atoms with E-state index < -0.39 is 10.0 Å². The molecule has 0 bridgehead atoms. The molecule has 1 heterocycles. The van der Waals surface area contributed by atoms with Gasteiger partial charge in [-0.25, -0.2) is 13.1 Å². The molecule has 2 rings (SSSR count). The summed E-state index contributed by atoms with van der Waals surface area (Å²) in [6.45, 7) is 3.43.